The van der Waals surface area contributed by atoms with Crippen LogP contribution in [0.25, 0.3) is 0 Å². The Balaban J connectivity index is 3.85. The van der Waals surface area contributed by atoms with Gasteiger partial charge in [0.25, 0.3) is 0 Å². The van der Waals surface area contributed by atoms with Crippen molar-refractivity contribution < 1.29 is 4.39 Å². The largest absolute Gasteiger partial charge is 0.208 e. The van der Waals surface area contributed by atoms with Crippen molar-refractivity contribution >= 4 is 0 Å². The van der Waals surface area contributed by atoms with Crippen LogP contribution in [0.2, 0.25) is 0 Å². The van der Waals surface area contributed by atoms with Crippen molar-refractivity contribution in [1.82, 2.24) is 0 Å². The summed E-state index contributed by atoms with van der Waals surface area (Å²) in [5, 5.41) is 0. The first kappa shape index (κ1) is 7.89. The Labute approximate surface area is 54.7 Å². The molecule has 0 aromatic heterocycles. The van der Waals surface area contributed by atoms with E-state index in [0.29, 0.717) is 5.57 Å². The van der Waals surface area contributed by atoms with Crippen LogP contribution in [0.5, 0.6) is 0 Å². The van der Waals surface area contributed by atoms with Gasteiger partial charge in [0, 0.05) is 0 Å². The summed E-state index contributed by atoms with van der Waals surface area (Å²) in [7, 11) is 0. The second kappa shape index (κ2) is 3.84. The minimum absolute atomic E-state index is 0.474. The molecule has 0 heterocycles. The van der Waals surface area contributed by atoms with Gasteiger partial charge < -0.3 is 0 Å². The minimum Gasteiger partial charge on any atom is -0.208 e. The highest BCUT2D eigenvalue weighted by molar-refractivity contribution is 5.28. The number of allylic oxidation sites excluding steroid dienone is 5. The van der Waals surface area contributed by atoms with Gasteiger partial charge in [-0.05, 0) is 11.6 Å². The van der Waals surface area contributed by atoms with Gasteiger partial charge in [0.15, 0.2) is 0 Å². The Bertz CT molecular complexity index is 163. The van der Waals surface area contributed by atoms with Crippen LogP contribution in [0, 0.1) is 0 Å². The molecule has 48 valence electrons. The first-order chi connectivity index (χ1) is 4.16. The van der Waals surface area contributed by atoms with Gasteiger partial charge in [-0.2, -0.15) is 0 Å². The molecule has 1 heteroatoms. The molecule has 0 nitrogen and oxygen atoms in total. The third-order valence-electron chi connectivity index (χ3n) is 0.740. The second-order valence-electron chi connectivity index (χ2n) is 1.56. The van der Waals surface area contributed by atoms with Gasteiger partial charge in [-0.3, -0.25) is 0 Å². The smallest absolute Gasteiger partial charge is 0.116 e. The number of hydrogen-bond acceptors (Lipinski definition) is 0. The van der Waals surface area contributed by atoms with Gasteiger partial charge in [0.2, 0.25) is 0 Å². The van der Waals surface area contributed by atoms with E-state index in [1.807, 2.05) is 0 Å². The summed E-state index contributed by atoms with van der Waals surface area (Å²) < 4.78 is 11.8. The SMILES string of the molecule is C=CC(=C)C=CC(=C)F. The molecular weight excluding hydrogens is 115 g/mol. The highest BCUT2D eigenvalue weighted by Crippen LogP contribution is 1.98. The van der Waals surface area contributed by atoms with Crippen LogP contribution in [0.3, 0.4) is 0 Å². The van der Waals surface area contributed by atoms with Crippen molar-refractivity contribution in [3.8, 4) is 0 Å². The molecule has 0 unspecified atom stereocenters. The summed E-state index contributed by atoms with van der Waals surface area (Å²) in [4.78, 5) is 0. The van der Waals surface area contributed by atoms with Crippen molar-refractivity contribution in [2.24, 2.45) is 0 Å². The van der Waals surface area contributed by atoms with Crippen LogP contribution < -0.4 is 0 Å². The van der Waals surface area contributed by atoms with E-state index in [-0.39, 0.29) is 0 Å². The molecule has 0 rings (SSSR count). The molecule has 0 aliphatic rings. The monoisotopic (exact) mass is 124 g/mol. The zero-order chi connectivity index (χ0) is 7.28. The van der Waals surface area contributed by atoms with Gasteiger partial charge in [-0.1, -0.05) is 31.9 Å². The summed E-state index contributed by atoms with van der Waals surface area (Å²) in [5.41, 5.74) is 0.675. The fourth-order valence-electron chi connectivity index (χ4n) is 0.266. The average molecular weight is 124 g/mol. The maximum Gasteiger partial charge on any atom is 0.116 e. The van der Waals surface area contributed by atoms with E-state index >= 15 is 0 Å². The van der Waals surface area contributed by atoms with Crippen LogP contribution in [-0.2, 0) is 0 Å². The Morgan fingerprint density at radius 3 is 2.11 bits per heavy atom. The maximum atomic E-state index is 11.8. The van der Waals surface area contributed by atoms with E-state index in [9.17, 15) is 4.39 Å². The normalized spacial score (nSPS) is 9.44. The van der Waals surface area contributed by atoms with Crippen molar-refractivity contribution in [3.63, 3.8) is 0 Å². The lowest BCUT2D eigenvalue weighted by Crippen LogP contribution is -1.63. The predicted octanol–water partition coefficient (Wildman–Crippen LogP) is 2.77. The molecule has 0 aliphatic carbocycles. The van der Waals surface area contributed by atoms with Gasteiger partial charge in [0.1, 0.15) is 5.83 Å². The fraction of sp³-hybridized carbons (Fsp3) is 0. The molecule has 0 radical (unpaired) electrons. The van der Waals surface area contributed by atoms with Gasteiger partial charge in [-0.25, -0.2) is 4.39 Å². The van der Waals surface area contributed by atoms with E-state index in [1.54, 1.807) is 6.08 Å². The van der Waals surface area contributed by atoms with Gasteiger partial charge >= 0.3 is 0 Å². The van der Waals surface area contributed by atoms with Crippen molar-refractivity contribution in [3.05, 3.63) is 49.4 Å². The summed E-state index contributed by atoms with van der Waals surface area (Å²) >= 11 is 0. The quantitative estimate of drug-likeness (QED) is 0.507. The molecule has 9 heavy (non-hydrogen) atoms. The molecular formula is C8H9F. The molecule has 0 aromatic carbocycles. The molecule has 0 amide bonds. The number of rotatable bonds is 3. The Hall–Kier alpha value is -1.11. The van der Waals surface area contributed by atoms with Crippen molar-refractivity contribution in [1.29, 1.82) is 0 Å². The molecule has 0 saturated heterocycles. The molecule has 0 fully saturated rings. The third kappa shape index (κ3) is 4.75. The third-order valence-corrected chi connectivity index (χ3v) is 0.740. The standard InChI is InChI=1S/C8H9F/c1-4-7(2)5-6-8(3)9/h4-6H,1-3H2. The zero-order valence-corrected chi connectivity index (χ0v) is 5.23. The van der Waals surface area contributed by atoms with E-state index in [4.69, 9.17) is 0 Å². The lowest BCUT2D eigenvalue weighted by molar-refractivity contribution is 0.671. The van der Waals surface area contributed by atoms with Crippen LogP contribution in [-0.4, -0.2) is 0 Å². The van der Waals surface area contributed by atoms with Crippen molar-refractivity contribution in [2.45, 2.75) is 0 Å². The summed E-state index contributed by atoms with van der Waals surface area (Å²) in [6.45, 7) is 10.0. The van der Waals surface area contributed by atoms with Gasteiger partial charge in [-0.15, -0.1) is 0 Å². The highest BCUT2D eigenvalue weighted by atomic mass is 19.1. The topological polar surface area (TPSA) is 0 Å². The fourth-order valence-corrected chi connectivity index (χ4v) is 0.266. The Kier molecular flexibility index (Phi) is 3.37. The highest BCUT2D eigenvalue weighted by Gasteiger charge is 1.78. The van der Waals surface area contributed by atoms with E-state index in [2.05, 4.69) is 19.7 Å². The molecule has 0 aliphatic heterocycles. The Morgan fingerprint density at radius 1 is 1.22 bits per heavy atom. The van der Waals surface area contributed by atoms with Crippen LogP contribution in [0.15, 0.2) is 49.4 Å². The lowest BCUT2D eigenvalue weighted by Gasteiger charge is -1.83. The van der Waals surface area contributed by atoms with E-state index in [1.165, 1.54) is 12.2 Å². The molecule has 0 bridgehead atoms. The van der Waals surface area contributed by atoms with Crippen LogP contribution in [0.1, 0.15) is 0 Å². The van der Waals surface area contributed by atoms with Crippen LogP contribution in [0.4, 0.5) is 4.39 Å². The molecule has 0 N–H and O–H groups in total. The molecule has 0 spiro atoms. The van der Waals surface area contributed by atoms with E-state index in [0.717, 1.165) is 0 Å². The maximum absolute atomic E-state index is 11.8. The Morgan fingerprint density at radius 2 is 1.78 bits per heavy atom. The zero-order valence-electron chi connectivity index (χ0n) is 5.23. The summed E-state index contributed by atoms with van der Waals surface area (Å²) in [5.74, 6) is -0.474. The van der Waals surface area contributed by atoms with Crippen LogP contribution >= 0.6 is 0 Å². The first-order valence-corrected chi connectivity index (χ1v) is 2.50. The number of halogens is 1. The molecule has 0 atom stereocenters. The number of hydrogen-bond donors (Lipinski definition) is 0. The summed E-state index contributed by atoms with van der Waals surface area (Å²) in [6, 6.07) is 0. The summed E-state index contributed by atoms with van der Waals surface area (Å²) in [6.07, 6.45) is 4.29. The minimum atomic E-state index is -0.474. The molecule has 0 saturated carbocycles. The van der Waals surface area contributed by atoms with Crippen molar-refractivity contribution in [2.75, 3.05) is 0 Å². The molecule has 0 aromatic rings. The average Bonchev–Trinajstić information content (AvgIpc) is 1.83. The second-order valence-corrected chi connectivity index (χ2v) is 1.56. The van der Waals surface area contributed by atoms with E-state index < -0.39 is 5.83 Å². The lowest BCUT2D eigenvalue weighted by atomic mass is 10.3. The predicted molar refractivity (Wildman–Crippen MR) is 38.7 cm³/mol. The first-order valence-electron chi connectivity index (χ1n) is 2.50. The van der Waals surface area contributed by atoms with Gasteiger partial charge in [0.05, 0.1) is 0 Å².